The van der Waals surface area contributed by atoms with Gasteiger partial charge in [0, 0.05) is 10.6 Å². The van der Waals surface area contributed by atoms with Crippen molar-refractivity contribution >= 4 is 29.5 Å². The zero-order valence-corrected chi connectivity index (χ0v) is 14.8. The van der Waals surface area contributed by atoms with Crippen molar-refractivity contribution in [3.63, 3.8) is 0 Å². The maximum Gasteiger partial charge on any atom is 0.338 e. The molecule has 1 aliphatic rings. The number of esters is 1. The van der Waals surface area contributed by atoms with Crippen LogP contribution >= 0.6 is 11.6 Å². The molecule has 6 nitrogen and oxygen atoms in total. The van der Waals surface area contributed by atoms with E-state index in [-0.39, 0.29) is 19.0 Å². The second kappa shape index (κ2) is 7.58. The van der Waals surface area contributed by atoms with Crippen LogP contribution in [0.5, 0.6) is 0 Å². The molecule has 26 heavy (non-hydrogen) atoms. The zero-order chi connectivity index (χ0) is 18.7. The molecule has 0 radical (unpaired) electrons. The van der Waals surface area contributed by atoms with Crippen molar-refractivity contribution in [2.24, 2.45) is 0 Å². The summed E-state index contributed by atoms with van der Waals surface area (Å²) in [4.78, 5) is 36.6. The summed E-state index contributed by atoms with van der Waals surface area (Å²) in [6.07, 6.45) is -0.484. The van der Waals surface area contributed by atoms with Gasteiger partial charge >= 0.3 is 12.0 Å². The molecular weight excluding hydrogens is 356 g/mol. The number of ether oxygens (including phenoxy) is 1. The quantitative estimate of drug-likeness (QED) is 0.645. The normalized spacial score (nSPS) is 14.9. The van der Waals surface area contributed by atoms with Gasteiger partial charge in [0.2, 0.25) is 5.91 Å². The first kappa shape index (κ1) is 17.9. The third kappa shape index (κ3) is 3.86. The standard InChI is InChI=1S/C19H17ClN2O4/c1-12(15-4-2-3-5-16(15)20)26-18(24)14-8-6-13(7-9-14)11-22-17(23)10-21-19(22)25/h2-9,12H,10-11H2,1H3,(H,21,25)/t12-/m1/s1. The second-order valence-corrected chi connectivity index (χ2v) is 6.31. The lowest BCUT2D eigenvalue weighted by Gasteiger charge is -2.15. The molecule has 134 valence electrons. The predicted molar refractivity (Wildman–Crippen MR) is 95.7 cm³/mol. The van der Waals surface area contributed by atoms with Crippen LogP contribution in [0.25, 0.3) is 0 Å². The van der Waals surface area contributed by atoms with Gasteiger partial charge in [0.25, 0.3) is 0 Å². The molecule has 1 heterocycles. The number of halogens is 1. The van der Waals surface area contributed by atoms with E-state index < -0.39 is 18.1 Å². The number of carbonyl (C=O) groups excluding carboxylic acids is 3. The Morgan fingerprint density at radius 1 is 1.19 bits per heavy atom. The highest BCUT2D eigenvalue weighted by atomic mass is 35.5. The van der Waals surface area contributed by atoms with Gasteiger partial charge in [-0.15, -0.1) is 0 Å². The molecule has 3 rings (SSSR count). The van der Waals surface area contributed by atoms with Gasteiger partial charge in [0.15, 0.2) is 0 Å². The zero-order valence-electron chi connectivity index (χ0n) is 14.1. The summed E-state index contributed by atoms with van der Waals surface area (Å²) in [5.74, 6) is -0.744. The molecule has 3 amide bonds. The maximum atomic E-state index is 12.3. The summed E-state index contributed by atoms with van der Waals surface area (Å²) in [5, 5.41) is 3.00. The summed E-state index contributed by atoms with van der Waals surface area (Å²) in [6, 6.07) is 13.4. The number of amides is 3. The summed E-state index contributed by atoms with van der Waals surface area (Å²) in [7, 11) is 0. The van der Waals surface area contributed by atoms with E-state index in [1.807, 2.05) is 18.2 Å². The molecule has 1 fully saturated rings. The fraction of sp³-hybridized carbons (Fsp3) is 0.211. The number of benzene rings is 2. The molecule has 1 atom stereocenters. The third-order valence-electron chi connectivity index (χ3n) is 4.09. The summed E-state index contributed by atoms with van der Waals surface area (Å²) in [5.41, 5.74) is 1.86. The van der Waals surface area contributed by atoms with Gasteiger partial charge in [-0.25, -0.2) is 9.59 Å². The van der Waals surface area contributed by atoms with E-state index in [4.69, 9.17) is 16.3 Å². The molecule has 1 aliphatic heterocycles. The fourth-order valence-corrected chi connectivity index (χ4v) is 2.93. The van der Waals surface area contributed by atoms with Crippen molar-refractivity contribution < 1.29 is 19.1 Å². The van der Waals surface area contributed by atoms with Crippen LogP contribution in [0.2, 0.25) is 5.02 Å². The van der Waals surface area contributed by atoms with Crippen molar-refractivity contribution in [1.29, 1.82) is 0 Å². The van der Waals surface area contributed by atoms with Crippen LogP contribution in [0.4, 0.5) is 4.79 Å². The van der Waals surface area contributed by atoms with E-state index in [1.165, 1.54) is 0 Å². The van der Waals surface area contributed by atoms with E-state index in [2.05, 4.69) is 5.32 Å². The number of imide groups is 1. The lowest BCUT2D eigenvalue weighted by Crippen LogP contribution is -2.30. The van der Waals surface area contributed by atoms with E-state index in [9.17, 15) is 14.4 Å². The van der Waals surface area contributed by atoms with E-state index >= 15 is 0 Å². The van der Waals surface area contributed by atoms with Crippen LogP contribution < -0.4 is 5.32 Å². The first-order valence-corrected chi connectivity index (χ1v) is 8.46. The van der Waals surface area contributed by atoms with Crippen LogP contribution in [0, 0.1) is 0 Å². The fourth-order valence-electron chi connectivity index (χ4n) is 2.64. The molecule has 7 heteroatoms. The monoisotopic (exact) mass is 372 g/mol. The van der Waals surface area contributed by atoms with Crippen molar-refractivity contribution in [2.45, 2.75) is 19.6 Å². The molecular formula is C19H17ClN2O4. The van der Waals surface area contributed by atoms with Gasteiger partial charge in [-0.05, 0) is 30.7 Å². The molecule has 1 saturated heterocycles. The van der Waals surface area contributed by atoms with E-state index in [1.54, 1.807) is 37.3 Å². The Hall–Kier alpha value is -2.86. The van der Waals surface area contributed by atoms with Gasteiger partial charge in [0.1, 0.15) is 6.10 Å². The molecule has 0 unspecified atom stereocenters. The molecule has 0 saturated carbocycles. The largest absolute Gasteiger partial charge is 0.454 e. The topological polar surface area (TPSA) is 75.7 Å². The Labute approximate surface area is 155 Å². The van der Waals surface area contributed by atoms with Crippen LogP contribution in [0.1, 0.15) is 34.5 Å². The number of hydrogen-bond donors (Lipinski definition) is 1. The second-order valence-electron chi connectivity index (χ2n) is 5.90. The Kier molecular flexibility index (Phi) is 5.23. The van der Waals surface area contributed by atoms with Crippen LogP contribution in [0.15, 0.2) is 48.5 Å². The Morgan fingerprint density at radius 2 is 1.88 bits per heavy atom. The Balaban J connectivity index is 1.64. The van der Waals surface area contributed by atoms with Gasteiger partial charge in [-0.3, -0.25) is 9.69 Å². The Morgan fingerprint density at radius 3 is 2.50 bits per heavy atom. The summed E-state index contributed by atoms with van der Waals surface area (Å²) < 4.78 is 5.46. The highest BCUT2D eigenvalue weighted by molar-refractivity contribution is 6.31. The molecule has 1 N–H and O–H groups in total. The number of nitrogens with one attached hydrogen (secondary N) is 1. The SMILES string of the molecule is C[C@@H](OC(=O)c1ccc(CN2C(=O)CNC2=O)cc1)c1ccccc1Cl. The van der Waals surface area contributed by atoms with Crippen LogP contribution in [-0.4, -0.2) is 29.4 Å². The number of rotatable bonds is 5. The number of urea groups is 1. The number of carbonyl (C=O) groups is 3. The van der Waals surface area contributed by atoms with Gasteiger partial charge < -0.3 is 10.1 Å². The highest BCUT2D eigenvalue weighted by Gasteiger charge is 2.28. The molecule has 0 aliphatic carbocycles. The van der Waals surface area contributed by atoms with Crippen molar-refractivity contribution in [2.75, 3.05) is 6.54 Å². The van der Waals surface area contributed by atoms with Gasteiger partial charge in [0.05, 0.1) is 18.7 Å². The lowest BCUT2D eigenvalue weighted by molar-refractivity contribution is -0.125. The van der Waals surface area contributed by atoms with Crippen molar-refractivity contribution in [1.82, 2.24) is 10.2 Å². The molecule has 2 aromatic rings. The minimum atomic E-state index is -0.484. The maximum absolute atomic E-state index is 12.3. The average molecular weight is 373 g/mol. The minimum Gasteiger partial charge on any atom is -0.454 e. The van der Waals surface area contributed by atoms with Crippen LogP contribution in [0.3, 0.4) is 0 Å². The smallest absolute Gasteiger partial charge is 0.338 e. The number of nitrogens with zero attached hydrogens (tertiary/aromatic N) is 1. The van der Waals surface area contributed by atoms with Gasteiger partial charge in [-0.1, -0.05) is 41.9 Å². The first-order chi connectivity index (χ1) is 12.5. The molecule has 2 aromatic carbocycles. The molecule has 0 spiro atoms. The summed E-state index contributed by atoms with van der Waals surface area (Å²) in [6.45, 7) is 1.93. The van der Waals surface area contributed by atoms with Crippen molar-refractivity contribution in [3.8, 4) is 0 Å². The number of hydrogen-bond acceptors (Lipinski definition) is 4. The van der Waals surface area contributed by atoms with E-state index in [0.29, 0.717) is 10.6 Å². The lowest BCUT2D eigenvalue weighted by atomic mass is 10.1. The third-order valence-corrected chi connectivity index (χ3v) is 4.44. The Bertz CT molecular complexity index is 835. The van der Waals surface area contributed by atoms with Gasteiger partial charge in [-0.2, -0.15) is 0 Å². The van der Waals surface area contributed by atoms with Crippen LogP contribution in [-0.2, 0) is 16.1 Å². The molecule has 0 aromatic heterocycles. The minimum absolute atomic E-state index is 0.0170. The summed E-state index contributed by atoms with van der Waals surface area (Å²) >= 11 is 6.12. The van der Waals surface area contributed by atoms with Crippen molar-refractivity contribution in [3.05, 3.63) is 70.2 Å². The first-order valence-electron chi connectivity index (χ1n) is 8.08. The average Bonchev–Trinajstić information content (AvgIpc) is 2.94. The molecule has 0 bridgehead atoms. The predicted octanol–water partition coefficient (Wildman–Crippen LogP) is 3.31. The highest BCUT2D eigenvalue weighted by Crippen LogP contribution is 2.26. The van der Waals surface area contributed by atoms with E-state index in [0.717, 1.165) is 16.0 Å².